The molecule has 0 atom stereocenters. The molecule has 0 saturated heterocycles. The lowest BCUT2D eigenvalue weighted by atomic mass is 10.2. The van der Waals surface area contributed by atoms with Crippen molar-refractivity contribution in [3.8, 4) is 0 Å². The molecule has 12 heavy (non-hydrogen) atoms. The van der Waals surface area contributed by atoms with Crippen molar-refractivity contribution in [3.63, 3.8) is 0 Å². The first-order valence-corrected chi connectivity index (χ1v) is 3.57. The molecule has 0 bridgehead atoms. The largest absolute Gasteiger partial charge is 0.366 e. The van der Waals surface area contributed by atoms with Crippen molar-refractivity contribution in [2.45, 2.75) is 6.92 Å². The third kappa shape index (κ3) is 1.95. The van der Waals surface area contributed by atoms with Gasteiger partial charge in [0, 0.05) is 24.9 Å². The van der Waals surface area contributed by atoms with Crippen LogP contribution in [0.3, 0.4) is 0 Å². The molecule has 1 aromatic heterocycles. The van der Waals surface area contributed by atoms with E-state index in [1.165, 1.54) is 6.08 Å². The number of amides is 1. The molecule has 4 heteroatoms. The van der Waals surface area contributed by atoms with Crippen LogP contribution in [0.1, 0.15) is 11.3 Å². The number of rotatable bonds is 2. The maximum Gasteiger partial charge on any atom is 0.241 e. The predicted molar refractivity (Wildman–Crippen MR) is 46.2 cm³/mol. The van der Waals surface area contributed by atoms with Crippen LogP contribution in [-0.4, -0.2) is 15.7 Å². The number of aromatic nitrogens is 2. The maximum absolute atomic E-state index is 10.4. The second-order valence-corrected chi connectivity index (χ2v) is 2.58. The zero-order chi connectivity index (χ0) is 9.14. The number of nitrogens with zero attached hydrogens (tertiary/aromatic N) is 2. The summed E-state index contributed by atoms with van der Waals surface area (Å²) in [6, 6.07) is 0. The summed E-state index contributed by atoms with van der Waals surface area (Å²) in [7, 11) is 1.83. The number of nitrogens with two attached hydrogens (primary N) is 1. The summed E-state index contributed by atoms with van der Waals surface area (Å²) >= 11 is 0. The topological polar surface area (TPSA) is 60.9 Å². The fraction of sp³-hybridized carbons (Fsp3) is 0.250. The molecule has 0 aromatic carbocycles. The Bertz CT molecular complexity index is 325. The van der Waals surface area contributed by atoms with E-state index < -0.39 is 5.91 Å². The lowest BCUT2D eigenvalue weighted by molar-refractivity contribution is -0.113. The number of primary amides is 1. The molecule has 2 N–H and O–H groups in total. The average molecular weight is 165 g/mol. The Kier molecular flexibility index (Phi) is 2.28. The lowest BCUT2D eigenvalue weighted by Gasteiger charge is -1.84. The zero-order valence-corrected chi connectivity index (χ0v) is 7.11. The predicted octanol–water partition coefficient (Wildman–Crippen LogP) is 0.227. The summed E-state index contributed by atoms with van der Waals surface area (Å²) in [5, 5.41) is 4.10. The van der Waals surface area contributed by atoms with Crippen LogP contribution in [0, 0.1) is 6.92 Å². The van der Waals surface area contributed by atoms with E-state index in [9.17, 15) is 4.79 Å². The van der Waals surface area contributed by atoms with Crippen molar-refractivity contribution < 1.29 is 4.79 Å². The minimum atomic E-state index is -0.446. The highest BCUT2D eigenvalue weighted by atomic mass is 16.1. The van der Waals surface area contributed by atoms with Crippen LogP contribution in [-0.2, 0) is 11.8 Å². The summed E-state index contributed by atoms with van der Waals surface area (Å²) in [5.74, 6) is -0.446. The fourth-order valence-corrected chi connectivity index (χ4v) is 0.953. The first kappa shape index (κ1) is 8.52. The molecule has 1 amide bonds. The molecule has 0 saturated carbocycles. The maximum atomic E-state index is 10.4. The summed E-state index contributed by atoms with van der Waals surface area (Å²) in [5.41, 5.74) is 6.74. The van der Waals surface area contributed by atoms with E-state index in [2.05, 4.69) is 5.10 Å². The van der Waals surface area contributed by atoms with Crippen LogP contribution in [0.25, 0.3) is 6.08 Å². The quantitative estimate of drug-likeness (QED) is 0.637. The van der Waals surface area contributed by atoms with Crippen molar-refractivity contribution in [2.75, 3.05) is 0 Å². The van der Waals surface area contributed by atoms with Gasteiger partial charge in [-0.05, 0) is 13.0 Å². The average Bonchev–Trinajstić information content (AvgIpc) is 2.26. The number of carbonyl (C=O) groups excluding carboxylic acids is 1. The third-order valence-corrected chi connectivity index (χ3v) is 1.48. The van der Waals surface area contributed by atoms with Gasteiger partial charge in [0.15, 0.2) is 0 Å². The van der Waals surface area contributed by atoms with Crippen LogP contribution in [0.5, 0.6) is 0 Å². The number of hydrogen-bond acceptors (Lipinski definition) is 2. The van der Waals surface area contributed by atoms with Gasteiger partial charge in [0.25, 0.3) is 0 Å². The van der Waals surface area contributed by atoms with E-state index in [4.69, 9.17) is 5.73 Å². The van der Waals surface area contributed by atoms with Crippen molar-refractivity contribution in [1.82, 2.24) is 9.78 Å². The first-order chi connectivity index (χ1) is 5.59. The molecular weight excluding hydrogens is 154 g/mol. The minimum absolute atomic E-state index is 0.446. The van der Waals surface area contributed by atoms with Crippen LogP contribution in [0.4, 0.5) is 0 Å². The van der Waals surface area contributed by atoms with Gasteiger partial charge in [-0.25, -0.2) is 0 Å². The van der Waals surface area contributed by atoms with Gasteiger partial charge in [-0.2, -0.15) is 5.10 Å². The second-order valence-electron chi connectivity index (χ2n) is 2.58. The minimum Gasteiger partial charge on any atom is -0.366 e. The van der Waals surface area contributed by atoms with Gasteiger partial charge in [-0.3, -0.25) is 9.48 Å². The molecule has 0 aliphatic rings. The van der Waals surface area contributed by atoms with Gasteiger partial charge in [0.05, 0.1) is 5.69 Å². The van der Waals surface area contributed by atoms with Gasteiger partial charge in [-0.1, -0.05) is 0 Å². The SMILES string of the molecule is Cc1nn(C)cc1C=CC(N)=O. The van der Waals surface area contributed by atoms with Crippen molar-refractivity contribution in [3.05, 3.63) is 23.5 Å². The molecule has 0 spiro atoms. The number of aryl methyl sites for hydroxylation is 2. The Morgan fingerprint density at radius 2 is 2.42 bits per heavy atom. The van der Waals surface area contributed by atoms with Crippen molar-refractivity contribution in [1.29, 1.82) is 0 Å². The van der Waals surface area contributed by atoms with Crippen LogP contribution < -0.4 is 5.73 Å². The molecule has 64 valence electrons. The van der Waals surface area contributed by atoms with E-state index in [0.717, 1.165) is 11.3 Å². The summed E-state index contributed by atoms with van der Waals surface area (Å²) < 4.78 is 1.69. The Morgan fingerprint density at radius 1 is 1.75 bits per heavy atom. The number of carbonyl (C=O) groups is 1. The molecule has 0 fully saturated rings. The Balaban J connectivity index is 2.89. The van der Waals surface area contributed by atoms with E-state index >= 15 is 0 Å². The zero-order valence-electron chi connectivity index (χ0n) is 7.11. The number of hydrogen-bond donors (Lipinski definition) is 1. The van der Waals surface area contributed by atoms with Crippen LogP contribution in [0.15, 0.2) is 12.3 Å². The third-order valence-electron chi connectivity index (χ3n) is 1.48. The normalized spacial score (nSPS) is 10.8. The standard InChI is InChI=1S/C8H11N3O/c1-6-7(3-4-8(9)12)5-11(2)10-6/h3-5H,1-2H3,(H2,9,12). The molecular formula is C8H11N3O. The van der Waals surface area contributed by atoms with Crippen LogP contribution >= 0.6 is 0 Å². The monoisotopic (exact) mass is 165 g/mol. The molecule has 0 aliphatic carbocycles. The highest BCUT2D eigenvalue weighted by Gasteiger charge is 1.97. The Labute approximate surface area is 70.7 Å². The van der Waals surface area contributed by atoms with E-state index in [1.54, 1.807) is 10.8 Å². The molecule has 1 rings (SSSR count). The Hall–Kier alpha value is -1.58. The molecule has 1 aromatic rings. The Morgan fingerprint density at radius 3 is 2.83 bits per heavy atom. The second kappa shape index (κ2) is 3.21. The fourth-order valence-electron chi connectivity index (χ4n) is 0.953. The van der Waals surface area contributed by atoms with Gasteiger partial charge in [0.1, 0.15) is 0 Å². The van der Waals surface area contributed by atoms with E-state index in [1.807, 2.05) is 20.2 Å². The van der Waals surface area contributed by atoms with Gasteiger partial charge in [-0.15, -0.1) is 0 Å². The lowest BCUT2D eigenvalue weighted by Crippen LogP contribution is -2.05. The first-order valence-electron chi connectivity index (χ1n) is 3.57. The molecule has 0 unspecified atom stereocenters. The summed E-state index contributed by atoms with van der Waals surface area (Å²) in [4.78, 5) is 10.4. The van der Waals surface area contributed by atoms with Gasteiger partial charge >= 0.3 is 0 Å². The summed E-state index contributed by atoms with van der Waals surface area (Å²) in [6.45, 7) is 1.88. The highest BCUT2D eigenvalue weighted by Crippen LogP contribution is 2.05. The van der Waals surface area contributed by atoms with Gasteiger partial charge < -0.3 is 5.73 Å². The van der Waals surface area contributed by atoms with Gasteiger partial charge in [0.2, 0.25) is 5.91 Å². The summed E-state index contributed by atoms with van der Waals surface area (Å²) in [6.07, 6.45) is 4.81. The van der Waals surface area contributed by atoms with E-state index in [0.29, 0.717) is 0 Å². The molecule has 1 heterocycles. The molecule has 0 radical (unpaired) electrons. The molecule has 4 nitrogen and oxygen atoms in total. The van der Waals surface area contributed by atoms with Crippen molar-refractivity contribution in [2.24, 2.45) is 12.8 Å². The smallest absolute Gasteiger partial charge is 0.241 e. The van der Waals surface area contributed by atoms with Crippen molar-refractivity contribution >= 4 is 12.0 Å². The van der Waals surface area contributed by atoms with Crippen LogP contribution in [0.2, 0.25) is 0 Å². The van der Waals surface area contributed by atoms with E-state index in [-0.39, 0.29) is 0 Å². The molecule has 0 aliphatic heterocycles. The highest BCUT2D eigenvalue weighted by molar-refractivity contribution is 5.90.